The van der Waals surface area contributed by atoms with E-state index in [1.807, 2.05) is 53.4 Å². The molecule has 0 aromatic heterocycles. The minimum atomic E-state index is -0.645. The number of para-hydroxylation sites is 1. The molecule has 0 radical (unpaired) electrons. The van der Waals surface area contributed by atoms with E-state index in [1.165, 1.54) is 0 Å². The molecule has 0 fully saturated rings. The third kappa shape index (κ3) is 3.99. The second kappa shape index (κ2) is 8.65. The maximum Gasteiger partial charge on any atom is 0.258 e. The number of carbonyl (C=O) groups excluding carboxylic acids is 1. The molecular weight excluding hydrogens is 352 g/mol. The number of rotatable bonds is 8. The summed E-state index contributed by atoms with van der Waals surface area (Å²) in [6.45, 7) is 7.44. The fraction of sp³-hybridized carbons (Fsp3) is 0.435. The molecule has 1 aliphatic rings. The maximum atomic E-state index is 13.3. The van der Waals surface area contributed by atoms with E-state index in [0.29, 0.717) is 18.7 Å². The average Bonchev–Trinajstić information content (AvgIpc) is 2.71. The first-order valence-corrected chi connectivity index (χ1v) is 9.95. The fourth-order valence-electron chi connectivity index (χ4n) is 3.55. The van der Waals surface area contributed by atoms with Crippen LogP contribution in [0.25, 0.3) is 0 Å². The Morgan fingerprint density at radius 3 is 2.54 bits per heavy atom. The number of fused-ring (bicyclic) bond motifs is 1. The Bertz CT molecular complexity index is 806. The number of carbonyl (C=O) groups is 1. The standard InChI is InChI=1S/C23H30N2O3/c1-5-17(2)28-19-13-11-18(12-14-19)23(3)24-21-10-7-6-9-20(21)22(26)25(23)15-8-16-27-4/h6-7,9-14,17,24H,5,8,15-16H2,1-4H3. The van der Waals surface area contributed by atoms with Crippen molar-refractivity contribution in [3.05, 3.63) is 59.7 Å². The third-order valence-electron chi connectivity index (χ3n) is 5.38. The molecule has 0 aliphatic carbocycles. The molecule has 2 aromatic carbocycles. The number of methoxy groups -OCH3 is 1. The van der Waals surface area contributed by atoms with Gasteiger partial charge in [0.05, 0.1) is 11.7 Å². The molecule has 0 bridgehead atoms. The lowest BCUT2D eigenvalue weighted by Crippen LogP contribution is -2.56. The minimum absolute atomic E-state index is 0.0351. The highest BCUT2D eigenvalue weighted by molar-refractivity contribution is 6.02. The number of ether oxygens (including phenoxy) is 2. The second-order valence-corrected chi connectivity index (χ2v) is 7.41. The van der Waals surface area contributed by atoms with Crippen molar-refractivity contribution < 1.29 is 14.3 Å². The Morgan fingerprint density at radius 1 is 1.14 bits per heavy atom. The van der Waals surface area contributed by atoms with Crippen molar-refractivity contribution >= 4 is 11.6 Å². The van der Waals surface area contributed by atoms with Gasteiger partial charge in [0.15, 0.2) is 0 Å². The summed E-state index contributed by atoms with van der Waals surface area (Å²) in [5, 5.41) is 3.59. The van der Waals surface area contributed by atoms with Crippen LogP contribution in [0.4, 0.5) is 5.69 Å². The molecule has 1 N–H and O–H groups in total. The fourth-order valence-corrected chi connectivity index (χ4v) is 3.55. The quantitative estimate of drug-likeness (QED) is 0.676. The van der Waals surface area contributed by atoms with E-state index in [1.54, 1.807) is 7.11 Å². The van der Waals surface area contributed by atoms with Gasteiger partial charge in [0.1, 0.15) is 11.4 Å². The predicted octanol–water partition coefficient (Wildman–Crippen LogP) is 4.64. The summed E-state index contributed by atoms with van der Waals surface area (Å²) in [5.74, 6) is 0.878. The number of nitrogens with one attached hydrogen (secondary N) is 1. The summed E-state index contributed by atoms with van der Waals surface area (Å²) in [6.07, 6.45) is 1.91. The SMILES string of the molecule is CCC(C)Oc1ccc(C2(C)Nc3ccccc3C(=O)N2CCCOC)cc1. The maximum absolute atomic E-state index is 13.3. The lowest BCUT2D eigenvalue weighted by atomic mass is 9.93. The molecule has 2 aromatic rings. The van der Waals surface area contributed by atoms with Crippen molar-refractivity contribution in [2.45, 2.75) is 45.4 Å². The van der Waals surface area contributed by atoms with Crippen LogP contribution in [0.15, 0.2) is 48.5 Å². The average molecular weight is 383 g/mol. The van der Waals surface area contributed by atoms with Crippen LogP contribution in [0.1, 0.15) is 49.5 Å². The molecule has 5 nitrogen and oxygen atoms in total. The second-order valence-electron chi connectivity index (χ2n) is 7.41. The van der Waals surface area contributed by atoms with Gasteiger partial charge in [-0.1, -0.05) is 31.2 Å². The highest BCUT2D eigenvalue weighted by atomic mass is 16.5. The van der Waals surface area contributed by atoms with Gasteiger partial charge in [-0.05, 0) is 56.5 Å². The van der Waals surface area contributed by atoms with Gasteiger partial charge in [-0.15, -0.1) is 0 Å². The van der Waals surface area contributed by atoms with Crippen LogP contribution in [0.5, 0.6) is 5.75 Å². The molecule has 0 saturated heterocycles. The summed E-state index contributed by atoms with van der Waals surface area (Å²) >= 11 is 0. The molecule has 28 heavy (non-hydrogen) atoms. The van der Waals surface area contributed by atoms with Crippen LogP contribution in [0, 0.1) is 0 Å². The Hall–Kier alpha value is -2.53. The van der Waals surface area contributed by atoms with Crippen LogP contribution in [-0.4, -0.2) is 37.2 Å². The third-order valence-corrected chi connectivity index (χ3v) is 5.38. The molecule has 3 rings (SSSR count). The first-order valence-electron chi connectivity index (χ1n) is 9.95. The number of benzene rings is 2. The number of hydrogen-bond donors (Lipinski definition) is 1. The first-order chi connectivity index (χ1) is 13.5. The molecule has 1 aliphatic heterocycles. The van der Waals surface area contributed by atoms with Crippen LogP contribution >= 0.6 is 0 Å². The molecule has 1 heterocycles. The Labute approximate surface area is 167 Å². The van der Waals surface area contributed by atoms with Crippen molar-refractivity contribution in [1.29, 1.82) is 0 Å². The Morgan fingerprint density at radius 2 is 1.86 bits per heavy atom. The van der Waals surface area contributed by atoms with Crippen molar-refractivity contribution in [3.63, 3.8) is 0 Å². The van der Waals surface area contributed by atoms with Gasteiger partial charge < -0.3 is 19.7 Å². The van der Waals surface area contributed by atoms with Crippen LogP contribution in [-0.2, 0) is 10.4 Å². The van der Waals surface area contributed by atoms with E-state index in [4.69, 9.17) is 9.47 Å². The highest BCUT2D eigenvalue weighted by Crippen LogP contribution is 2.38. The molecule has 150 valence electrons. The number of anilines is 1. The van der Waals surface area contributed by atoms with Gasteiger partial charge in [-0.3, -0.25) is 4.79 Å². The zero-order valence-electron chi connectivity index (χ0n) is 17.2. The van der Waals surface area contributed by atoms with E-state index in [0.717, 1.165) is 29.8 Å². The Kier molecular flexibility index (Phi) is 6.25. The zero-order chi connectivity index (χ0) is 20.1. The topological polar surface area (TPSA) is 50.8 Å². The van der Waals surface area contributed by atoms with Crippen molar-refractivity contribution in [2.24, 2.45) is 0 Å². The highest BCUT2D eigenvalue weighted by Gasteiger charge is 2.42. The van der Waals surface area contributed by atoms with Gasteiger partial charge in [0.2, 0.25) is 0 Å². The van der Waals surface area contributed by atoms with Gasteiger partial charge in [0, 0.05) is 25.9 Å². The summed E-state index contributed by atoms with van der Waals surface area (Å²) in [4.78, 5) is 15.2. The lowest BCUT2D eigenvalue weighted by Gasteiger charge is -2.47. The lowest BCUT2D eigenvalue weighted by molar-refractivity contribution is 0.0504. The van der Waals surface area contributed by atoms with Crippen LogP contribution in [0.3, 0.4) is 0 Å². The number of amides is 1. The van der Waals surface area contributed by atoms with E-state index in [9.17, 15) is 4.79 Å². The predicted molar refractivity (Wildman–Crippen MR) is 112 cm³/mol. The van der Waals surface area contributed by atoms with Gasteiger partial charge in [0.25, 0.3) is 5.91 Å². The van der Waals surface area contributed by atoms with Gasteiger partial charge in [-0.2, -0.15) is 0 Å². The molecule has 5 heteroatoms. The molecular formula is C23H30N2O3. The molecule has 0 spiro atoms. The summed E-state index contributed by atoms with van der Waals surface area (Å²) in [6, 6.07) is 15.7. The smallest absolute Gasteiger partial charge is 0.258 e. The van der Waals surface area contributed by atoms with Crippen LogP contribution in [0.2, 0.25) is 0 Å². The van der Waals surface area contributed by atoms with E-state index < -0.39 is 5.66 Å². The zero-order valence-corrected chi connectivity index (χ0v) is 17.2. The van der Waals surface area contributed by atoms with E-state index >= 15 is 0 Å². The summed E-state index contributed by atoms with van der Waals surface area (Å²) in [5.41, 5.74) is 1.94. The van der Waals surface area contributed by atoms with Gasteiger partial charge in [-0.25, -0.2) is 0 Å². The monoisotopic (exact) mass is 382 g/mol. The Balaban J connectivity index is 1.93. The molecule has 2 atom stereocenters. The van der Waals surface area contributed by atoms with E-state index in [-0.39, 0.29) is 12.0 Å². The van der Waals surface area contributed by atoms with Gasteiger partial charge >= 0.3 is 0 Å². The number of nitrogens with zero attached hydrogens (tertiary/aromatic N) is 1. The number of hydrogen-bond acceptors (Lipinski definition) is 4. The molecule has 0 saturated carbocycles. The van der Waals surface area contributed by atoms with E-state index in [2.05, 4.69) is 26.1 Å². The van der Waals surface area contributed by atoms with Crippen molar-refractivity contribution in [3.8, 4) is 5.75 Å². The largest absolute Gasteiger partial charge is 0.491 e. The van der Waals surface area contributed by atoms with Crippen molar-refractivity contribution in [2.75, 3.05) is 25.6 Å². The minimum Gasteiger partial charge on any atom is -0.491 e. The molecule has 1 amide bonds. The first kappa shape index (κ1) is 20.2. The summed E-state index contributed by atoms with van der Waals surface area (Å²) < 4.78 is 11.1. The molecule has 2 unspecified atom stereocenters. The van der Waals surface area contributed by atoms with Crippen molar-refractivity contribution in [1.82, 2.24) is 4.90 Å². The van der Waals surface area contributed by atoms with Crippen LogP contribution < -0.4 is 10.1 Å². The normalized spacial score (nSPS) is 19.7. The summed E-state index contributed by atoms with van der Waals surface area (Å²) in [7, 11) is 1.68.